The molecule has 0 saturated heterocycles. The molecule has 3 aromatic carbocycles. The minimum absolute atomic E-state index is 0.158. The lowest BCUT2D eigenvalue weighted by Gasteiger charge is -2.12. The summed E-state index contributed by atoms with van der Waals surface area (Å²) < 4.78 is 53.2. The van der Waals surface area contributed by atoms with Crippen molar-refractivity contribution in [3.05, 3.63) is 82.9 Å². The number of carbonyl (C=O) groups excluding carboxylic acids is 1. The zero-order valence-electron chi connectivity index (χ0n) is 18.6. The van der Waals surface area contributed by atoms with E-state index in [9.17, 15) is 21.6 Å². The number of nitrogens with one attached hydrogen (secondary N) is 3. The van der Waals surface area contributed by atoms with Gasteiger partial charge in [-0.05, 0) is 86.0 Å². The molecular formula is C23H25N3O5S2. The number of hydrogen-bond acceptors (Lipinski definition) is 5. The van der Waals surface area contributed by atoms with Crippen molar-refractivity contribution in [1.82, 2.24) is 0 Å². The van der Waals surface area contributed by atoms with Gasteiger partial charge in [0.25, 0.3) is 15.9 Å². The van der Waals surface area contributed by atoms with Gasteiger partial charge in [0.1, 0.15) is 0 Å². The van der Waals surface area contributed by atoms with Crippen LogP contribution in [-0.4, -0.2) is 29.0 Å². The van der Waals surface area contributed by atoms with Crippen molar-refractivity contribution in [2.45, 2.75) is 25.7 Å². The molecule has 174 valence electrons. The zero-order valence-corrected chi connectivity index (χ0v) is 20.3. The van der Waals surface area contributed by atoms with Crippen molar-refractivity contribution in [2.24, 2.45) is 0 Å². The quantitative estimate of drug-likeness (QED) is 0.464. The highest BCUT2D eigenvalue weighted by Gasteiger charge is 2.16. The van der Waals surface area contributed by atoms with Crippen LogP contribution in [-0.2, 0) is 20.0 Å². The Morgan fingerprint density at radius 1 is 0.697 bits per heavy atom. The van der Waals surface area contributed by atoms with Crippen LogP contribution in [0.3, 0.4) is 0 Å². The van der Waals surface area contributed by atoms with Crippen molar-refractivity contribution in [1.29, 1.82) is 0 Å². The van der Waals surface area contributed by atoms with Crippen LogP contribution < -0.4 is 14.8 Å². The van der Waals surface area contributed by atoms with Gasteiger partial charge in [0, 0.05) is 16.9 Å². The monoisotopic (exact) mass is 487 g/mol. The molecule has 0 saturated carbocycles. The van der Waals surface area contributed by atoms with Crippen LogP contribution in [0.1, 0.15) is 27.0 Å². The van der Waals surface area contributed by atoms with E-state index >= 15 is 0 Å². The van der Waals surface area contributed by atoms with E-state index in [-0.39, 0.29) is 4.90 Å². The van der Waals surface area contributed by atoms with E-state index in [1.165, 1.54) is 30.3 Å². The Morgan fingerprint density at radius 2 is 1.30 bits per heavy atom. The normalized spacial score (nSPS) is 11.6. The summed E-state index contributed by atoms with van der Waals surface area (Å²) in [6, 6.07) is 15.8. The number of benzene rings is 3. The van der Waals surface area contributed by atoms with E-state index in [0.29, 0.717) is 28.2 Å². The van der Waals surface area contributed by atoms with Crippen LogP contribution in [0.15, 0.2) is 65.6 Å². The fraction of sp³-hybridized carbons (Fsp3) is 0.174. The number of rotatable bonds is 7. The average molecular weight is 488 g/mol. The summed E-state index contributed by atoms with van der Waals surface area (Å²) in [6.45, 7) is 5.50. The van der Waals surface area contributed by atoms with E-state index < -0.39 is 26.0 Å². The lowest BCUT2D eigenvalue weighted by molar-refractivity contribution is 0.102. The maximum absolute atomic E-state index is 12.6. The van der Waals surface area contributed by atoms with Crippen LogP contribution in [0.2, 0.25) is 0 Å². The molecule has 0 radical (unpaired) electrons. The lowest BCUT2D eigenvalue weighted by atomic mass is 10.1. The van der Waals surface area contributed by atoms with Gasteiger partial charge in [-0.15, -0.1) is 0 Å². The topological polar surface area (TPSA) is 121 Å². The molecule has 8 nitrogen and oxygen atoms in total. The molecule has 33 heavy (non-hydrogen) atoms. The first-order valence-electron chi connectivity index (χ1n) is 9.94. The molecule has 1 amide bonds. The first kappa shape index (κ1) is 24.3. The highest BCUT2D eigenvalue weighted by molar-refractivity contribution is 7.92. The van der Waals surface area contributed by atoms with Crippen molar-refractivity contribution < 1.29 is 21.6 Å². The smallest absolute Gasteiger partial charge is 0.261 e. The molecule has 0 aliphatic heterocycles. The molecule has 10 heteroatoms. The first-order chi connectivity index (χ1) is 15.3. The van der Waals surface area contributed by atoms with Crippen LogP contribution in [0.4, 0.5) is 17.1 Å². The number of anilines is 3. The molecular weight excluding hydrogens is 462 g/mol. The Hall–Kier alpha value is -3.37. The number of carbonyl (C=O) groups is 1. The van der Waals surface area contributed by atoms with Crippen LogP contribution in [0.25, 0.3) is 0 Å². The molecule has 3 rings (SSSR count). The lowest BCUT2D eigenvalue weighted by Crippen LogP contribution is -2.15. The van der Waals surface area contributed by atoms with Gasteiger partial charge < -0.3 is 5.32 Å². The minimum Gasteiger partial charge on any atom is -0.322 e. The third-order valence-electron chi connectivity index (χ3n) is 4.98. The molecule has 0 aromatic heterocycles. The number of sulfonamides is 2. The van der Waals surface area contributed by atoms with Crippen molar-refractivity contribution >= 4 is 43.0 Å². The summed E-state index contributed by atoms with van der Waals surface area (Å²) in [5, 5.41) is 2.70. The average Bonchev–Trinajstić information content (AvgIpc) is 2.71. The van der Waals surface area contributed by atoms with Gasteiger partial charge in [-0.1, -0.05) is 12.1 Å². The summed E-state index contributed by atoms with van der Waals surface area (Å²) in [5.74, 6) is -0.423. The van der Waals surface area contributed by atoms with E-state index in [4.69, 9.17) is 0 Å². The summed E-state index contributed by atoms with van der Waals surface area (Å²) >= 11 is 0. The van der Waals surface area contributed by atoms with Gasteiger partial charge in [0.2, 0.25) is 10.0 Å². The number of hydrogen-bond donors (Lipinski definition) is 3. The van der Waals surface area contributed by atoms with E-state index in [0.717, 1.165) is 17.4 Å². The molecule has 0 spiro atoms. The number of aryl methyl sites for hydroxylation is 3. The highest BCUT2D eigenvalue weighted by Crippen LogP contribution is 2.23. The van der Waals surface area contributed by atoms with Crippen LogP contribution in [0, 0.1) is 20.8 Å². The first-order valence-corrected chi connectivity index (χ1v) is 13.3. The van der Waals surface area contributed by atoms with Gasteiger partial charge in [-0.2, -0.15) is 0 Å². The van der Waals surface area contributed by atoms with Gasteiger partial charge >= 0.3 is 0 Å². The predicted molar refractivity (Wildman–Crippen MR) is 131 cm³/mol. The second-order valence-electron chi connectivity index (χ2n) is 7.79. The molecule has 0 aliphatic carbocycles. The molecule has 0 atom stereocenters. The van der Waals surface area contributed by atoms with Gasteiger partial charge in [-0.3, -0.25) is 14.2 Å². The Kier molecular flexibility index (Phi) is 6.80. The molecule has 3 aromatic rings. The second-order valence-corrected chi connectivity index (χ2v) is 11.2. The maximum atomic E-state index is 12.6. The van der Waals surface area contributed by atoms with Crippen molar-refractivity contribution in [3.63, 3.8) is 0 Å². The Morgan fingerprint density at radius 3 is 1.91 bits per heavy atom. The number of amides is 1. The fourth-order valence-corrected chi connectivity index (χ4v) is 4.76. The highest BCUT2D eigenvalue weighted by atomic mass is 32.2. The van der Waals surface area contributed by atoms with Crippen LogP contribution >= 0.6 is 0 Å². The molecule has 0 heterocycles. The maximum Gasteiger partial charge on any atom is 0.261 e. The minimum atomic E-state index is -3.76. The molecule has 0 bridgehead atoms. The Labute approximate surface area is 194 Å². The standard InChI is InChI=1S/C23H25N3O5S2/c1-15-6-12-21(13-17(15)3)33(30,31)25-19-10-7-18(8-11-19)23(27)24-20-9-5-16(2)22(14-20)26-32(4,28)29/h5-14,25-26H,1-4H3,(H,24,27). The van der Waals surface area contributed by atoms with E-state index in [1.807, 2.05) is 13.8 Å². The van der Waals surface area contributed by atoms with Crippen molar-refractivity contribution in [3.8, 4) is 0 Å². The second kappa shape index (κ2) is 9.24. The zero-order chi connectivity index (χ0) is 24.4. The van der Waals surface area contributed by atoms with Crippen LogP contribution in [0.5, 0.6) is 0 Å². The summed E-state index contributed by atoms with van der Waals surface area (Å²) in [6.07, 6.45) is 1.05. The van der Waals surface area contributed by atoms with Crippen molar-refractivity contribution in [2.75, 3.05) is 21.0 Å². The fourth-order valence-electron chi connectivity index (χ4n) is 3.00. The summed E-state index contributed by atoms with van der Waals surface area (Å²) in [4.78, 5) is 12.8. The summed E-state index contributed by atoms with van der Waals surface area (Å²) in [5.41, 5.74) is 3.98. The molecule has 0 fully saturated rings. The molecule has 0 unspecified atom stereocenters. The third kappa shape index (κ3) is 6.33. The van der Waals surface area contributed by atoms with E-state index in [1.54, 1.807) is 37.3 Å². The van der Waals surface area contributed by atoms with Gasteiger partial charge in [0.15, 0.2) is 0 Å². The van der Waals surface area contributed by atoms with Gasteiger partial charge in [-0.25, -0.2) is 16.8 Å². The largest absolute Gasteiger partial charge is 0.322 e. The van der Waals surface area contributed by atoms with E-state index in [2.05, 4.69) is 14.8 Å². The summed E-state index contributed by atoms with van der Waals surface area (Å²) in [7, 11) is -7.23. The third-order valence-corrected chi connectivity index (χ3v) is 6.95. The Balaban J connectivity index is 1.73. The SMILES string of the molecule is Cc1ccc(S(=O)(=O)Nc2ccc(C(=O)Nc3ccc(C)c(NS(C)(=O)=O)c3)cc2)cc1C. The predicted octanol–water partition coefficient (Wildman–Crippen LogP) is 4.04. The molecule has 3 N–H and O–H groups in total. The molecule has 0 aliphatic rings. The Bertz CT molecular complexity index is 1410. The van der Waals surface area contributed by atoms with Gasteiger partial charge in [0.05, 0.1) is 16.8 Å².